The molecule has 0 aliphatic rings. The van der Waals surface area contributed by atoms with E-state index in [1.165, 1.54) is 13.8 Å². The van der Waals surface area contributed by atoms with E-state index in [0.717, 1.165) is 22.3 Å². The van der Waals surface area contributed by atoms with E-state index in [9.17, 15) is 34.2 Å². The normalized spacial score (nSPS) is 14.5. The number of carbonyl (C=O) groups excluding carboxylic acids is 4. The maximum atomic E-state index is 13.3. The van der Waals surface area contributed by atoms with E-state index in [2.05, 4.69) is 26.3 Å². The van der Waals surface area contributed by atoms with Gasteiger partial charge in [-0.1, -0.05) is 55.8 Å². The van der Waals surface area contributed by atoms with Crippen molar-refractivity contribution in [3.05, 3.63) is 64.5 Å². The first kappa shape index (κ1) is 35.7. The van der Waals surface area contributed by atoms with Gasteiger partial charge in [0.1, 0.15) is 23.6 Å². The van der Waals surface area contributed by atoms with Gasteiger partial charge < -0.3 is 35.9 Å². The third kappa shape index (κ3) is 9.36. The number of aliphatic carboxylic acids is 1. The number of fused-ring (bicyclic) bond motifs is 1. The molecule has 0 saturated heterocycles. The number of amides is 4. The highest BCUT2D eigenvalue weighted by Gasteiger charge is 2.33. The number of hydrogen-bond acceptors (Lipinski definition) is 8. The van der Waals surface area contributed by atoms with Crippen molar-refractivity contribution in [2.75, 3.05) is 0 Å². The third-order valence-electron chi connectivity index (χ3n) is 7.57. The number of benzene rings is 2. The van der Waals surface area contributed by atoms with E-state index in [1.54, 1.807) is 20.8 Å². The Labute approximate surface area is 267 Å². The molecule has 0 bridgehead atoms. The van der Waals surface area contributed by atoms with Crippen LogP contribution in [-0.2, 0) is 30.4 Å². The molecule has 0 radical (unpaired) electrons. The summed E-state index contributed by atoms with van der Waals surface area (Å²) in [6, 6.07) is 6.63. The molecule has 248 valence electrons. The van der Waals surface area contributed by atoms with Gasteiger partial charge in [-0.2, -0.15) is 0 Å². The zero-order valence-corrected chi connectivity index (χ0v) is 27.1. The van der Waals surface area contributed by atoms with Crippen LogP contribution in [0.15, 0.2) is 40.8 Å². The van der Waals surface area contributed by atoms with Crippen LogP contribution in [0.5, 0.6) is 0 Å². The Balaban J connectivity index is 1.71. The van der Waals surface area contributed by atoms with E-state index in [4.69, 9.17) is 4.42 Å². The fourth-order valence-corrected chi connectivity index (χ4v) is 4.88. The number of oxazole rings is 1. The number of hydrogen-bond donors (Lipinski definition) is 6. The summed E-state index contributed by atoms with van der Waals surface area (Å²) in [6.07, 6.45) is -2.06. The highest BCUT2D eigenvalue weighted by molar-refractivity contribution is 5.94. The minimum Gasteiger partial charge on any atom is -0.481 e. The smallest absolute Gasteiger partial charge is 0.305 e. The number of aliphatic hydroxyl groups is 1. The van der Waals surface area contributed by atoms with E-state index in [-0.39, 0.29) is 12.3 Å². The second-order valence-electron chi connectivity index (χ2n) is 12.0. The summed E-state index contributed by atoms with van der Waals surface area (Å²) in [5.41, 5.74) is 4.37. The minimum absolute atomic E-state index is 0.155. The van der Waals surface area contributed by atoms with Gasteiger partial charge in [-0.3, -0.25) is 24.0 Å². The molecule has 5 atom stereocenters. The van der Waals surface area contributed by atoms with Crippen LogP contribution in [0.2, 0.25) is 0 Å². The fourth-order valence-electron chi connectivity index (χ4n) is 4.88. The van der Waals surface area contributed by atoms with Crippen molar-refractivity contribution < 1.29 is 38.6 Å². The number of nitrogens with zero attached hydrogens (tertiary/aromatic N) is 1. The van der Waals surface area contributed by atoms with Gasteiger partial charge in [-0.15, -0.1) is 0 Å². The highest BCUT2D eigenvalue weighted by Crippen LogP contribution is 2.28. The molecule has 3 rings (SSSR count). The van der Waals surface area contributed by atoms with Crippen LogP contribution in [0, 0.1) is 26.7 Å². The lowest BCUT2D eigenvalue weighted by Gasteiger charge is -2.27. The van der Waals surface area contributed by atoms with E-state index < -0.39 is 72.2 Å². The Morgan fingerprint density at radius 2 is 1.46 bits per heavy atom. The summed E-state index contributed by atoms with van der Waals surface area (Å²) in [4.78, 5) is 67.5. The molecule has 1 heterocycles. The van der Waals surface area contributed by atoms with Gasteiger partial charge in [-0.05, 0) is 50.3 Å². The van der Waals surface area contributed by atoms with Crippen molar-refractivity contribution in [2.45, 2.75) is 91.6 Å². The standard InChI is InChI=1S/C33H43N5O8/c1-16(2)26(37-31(44)24(35-21(7)39)14-22-12-8-17(3)9-13-22)32(45)34-20(6)30(43)36-23(15-25(40)41)28(42)33-38-27-18(4)10-11-19(5)29(27)46-33/h8-13,16,20,23-24,26,28,42H,14-15H2,1-7H3,(H,34,45)(H,35,39)(H,36,43)(H,37,44)(H,40,41). The summed E-state index contributed by atoms with van der Waals surface area (Å²) in [5, 5.41) is 30.9. The minimum atomic E-state index is -1.60. The number of carboxylic acid groups (broad SMARTS) is 1. The van der Waals surface area contributed by atoms with Crippen molar-refractivity contribution in [1.29, 1.82) is 0 Å². The second-order valence-corrected chi connectivity index (χ2v) is 12.0. The quantitative estimate of drug-likeness (QED) is 0.153. The van der Waals surface area contributed by atoms with Gasteiger partial charge in [0, 0.05) is 13.3 Å². The molecule has 3 aromatic rings. The Morgan fingerprint density at radius 3 is 2.02 bits per heavy atom. The summed E-state index contributed by atoms with van der Waals surface area (Å²) in [6.45, 7) is 11.7. The molecular weight excluding hydrogens is 594 g/mol. The average Bonchev–Trinajstić information content (AvgIpc) is 3.44. The summed E-state index contributed by atoms with van der Waals surface area (Å²) in [5.74, 6) is -4.26. The first-order chi connectivity index (χ1) is 21.6. The monoisotopic (exact) mass is 637 g/mol. The van der Waals surface area contributed by atoms with E-state index in [0.29, 0.717) is 11.1 Å². The molecule has 0 spiro atoms. The van der Waals surface area contributed by atoms with Crippen LogP contribution in [-0.4, -0.2) is 69.0 Å². The van der Waals surface area contributed by atoms with Gasteiger partial charge >= 0.3 is 5.97 Å². The number of carboxylic acids is 1. The van der Waals surface area contributed by atoms with Crippen LogP contribution < -0.4 is 21.3 Å². The van der Waals surface area contributed by atoms with E-state index in [1.807, 2.05) is 50.2 Å². The number of aromatic nitrogens is 1. The van der Waals surface area contributed by atoms with Gasteiger partial charge in [0.15, 0.2) is 11.7 Å². The van der Waals surface area contributed by atoms with Crippen molar-refractivity contribution in [1.82, 2.24) is 26.3 Å². The number of aliphatic hydroxyl groups excluding tert-OH is 1. The maximum Gasteiger partial charge on any atom is 0.305 e. The van der Waals surface area contributed by atoms with Crippen LogP contribution in [0.4, 0.5) is 0 Å². The Kier molecular flexibility index (Phi) is 12.0. The highest BCUT2D eigenvalue weighted by atomic mass is 16.4. The SMILES string of the molecule is CC(=O)NC(Cc1ccc(C)cc1)C(=O)NC(C(=O)NC(C)C(=O)NC(CC(=O)O)C(O)c1nc2c(C)ccc(C)c2o1)C(C)C. The zero-order chi connectivity index (χ0) is 34.3. The summed E-state index contributed by atoms with van der Waals surface area (Å²) < 4.78 is 5.75. The summed E-state index contributed by atoms with van der Waals surface area (Å²) in [7, 11) is 0. The van der Waals surface area contributed by atoms with Crippen molar-refractivity contribution in [2.24, 2.45) is 5.92 Å². The molecular formula is C33H43N5O8. The molecule has 4 amide bonds. The number of nitrogens with one attached hydrogen (secondary N) is 4. The molecule has 0 fully saturated rings. The van der Waals surface area contributed by atoms with Gasteiger partial charge in [0.2, 0.25) is 29.5 Å². The zero-order valence-electron chi connectivity index (χ0n) is 27.1. The average molecular weight is 638 g/mol. The molecule has 2 aromatic carbocycles. The Bertz CT molecular complexity index is 1540. The lowest BCUT2D eigenvalue weighted by Crippen LogP contribution is -2.58. The second kappa shape index (κ2) is 15.5. The van der Waals surface area contributed by atoms with Crippen molar-refractivity contribution in [3.8, 4) is 0 Å². The molecule has 5 unspecified atom stereocenters. The van der Waals surface area contributed by atoms with Crippen LogP contribution in [0.3, 0.4) is 0 Å². The molecule has 1 aromatic heterocycles. The lowest BCUT2D eigenvalue weighted by atomic mass is 10.00. The molecule has 13 nitrogen and oxygen atoms in total. The largest absolute Gasteiger partial charge is 0.481 e. The molecule has 0 saturated carbocycles. The predicted octanol–water partition coefficient (Wildman–Crippen LogP) is 2.14. The van der Waals surface area contributed by atoms with Crippen molar-refractivity contribution in [3.63, 3.8) is 0 Å². The number of carbonyl (C=O) groups is 5. The molecule has 0 aliphatic heterocycles. The summed E-state index contributed by atoms with van der Waals surface area (Å²) >= 11 is 0. The van der Waals surface area contributed by atoms with Crippen LogP contribution in [0.1, 0.15) is 68.4 Å². The number of rotatable bonds is 14. The molecule has 0 aliphatic carbocycles. The topological polar surface area (TPSA) is 200 Å². The van der Waals surface area contributed by atoms with Crippen molar-refractivity contribution >= 4 is 40.7 Å². The molecule has 6 N–H and O–H groups in total. The first-order valence-corrected chi connectivity index (χ1v) is 15.1. The lowest BCUT2D eigenvalue weighted by molar-refractivity contribution is -0.139. The van der Waals surface area contributed by atoms with Crippen LogP contribution >= 0.6 is 0 Å². The number of aryl methyl sites for hydroxylation is 3. The predicted molar refractivity (Wildman–Crippen MR) is 169 cm³/mol. The third-order valence-corrected chi connectivity index (χ3v) is 7.57. The van der Waals surface area contributed by atoms with Gasteiger partial charge in [0.25, 0.3) is 0 Å². The van der Waals surface area contributed by atoms with Gasteiger partial charge in [-0.25, -0.2) is 4.98 Å². The van der Waals surface area contributed by atoms with E-state index >= 15 is 0 Å². The Hall–Kier alpha value is -4.78. The Morgan fingerprint density at radius 1 is 0.826 bits per heavy atom. The molecule has 13 heteroatoms. The van der Waals surface area contributed by atoms with Crippen LogP contribution in [0.25, 0.3) is 11.1 Å². The fraction of sp³-hybridized carbons (Fsp3) is 0.455. The molecule has 46 heavy (non-hydrogen) atoms. The maximum absolute atomic E-state index is 13.3. The first-order valence-electron chi connectivity index (χ1n) is 15.1. The van der Waals surface area contributed by atoms with Gasteiger partial charge in [0.05, 0.1) is 12.5 Å².